The number of hydrogen-bond donors (Lipinski definition) is 2. The maximum absolute atomic E-state index is 12.1. The van der Waals surface area contributed by atoms with Gasteiger partial charge in [0.2, 0.25) is 0 Å². The van der Waals surface area contributed by atoms with Gasteiger partial charge in [-0.05, 0) is 43.9 Å². The van der Waals surface area contributed by atoms with Crippen LogP contribution >= 0.6 is 0 Å². The van der Waals surface area contributed by atoms with Crippen LogP contribution in [0.15, 0.2) is 48.6 Å². The van der Waals surface area contributed by atoms with Gasteiger partial charge in [-0.3, -0.25) is 0 Å². The van der Waals surface area contributed by atoms with Gasteiger partial charge in [-0.15, -0.1) is 0 Å². The van der Waals surface area contributed by atoms with Crippen LogP contribution < -0.4 is 10.6 Å². The molecule has 0 aromatic heterocycles. The molecule has 8 nitrogen and oxygen atoms in total. The molecule has 1 saturated carbocycles. The molecule has 0 aromatic carbocycles. The zero-order chi connectivity index (χ0) is 24.2. The Kier molecular flexibility index (Phi) is 10.6. The first-order valence-corrected chi connectivity index (χ1v) is 10.6. The molecular weight excluding hydrogens is 412 g/mol. The number of hydrogen-bond acceptors (Lipinski definition) is 6. The summed E-state index contributed by atoms with van der Waals surface area (Å²) in [5.74, 6) is -1.51. The summed E-state index contributed by atoms with van der Waals surface area (Å²) in [4.78, 5) is 47.4. The number of esters is 2. The van der Waals surface area contributed by atoms with Crippen molar-refractivity contribution in [1.82, 2.24) is 10.6 Å². The SMILES string of the molecule is C/C=C/C=C/C(=O)OC(=O)NCC1(C)CC(NC(=O)OC(=O)/C=C/C=C/C)CC(C)(C)C1. The summed E-state index contributed by atoms with van der Waals surface area (Å²) < 4.78 is 9.48. The molecule has 0 heterocycles. The van der Waals surface area contributed by atoms with E-state index in [2.05, 4.69) is 24.5 Å². The fourth-order valence-electron chi connectivity index (χ4n) is 4.13. The van der Waals surface area contributed by atoms with E-state index in [0.29, 0.717) is 12.8 Å². The van der Waals surface area contributed by atoms with Gasteiger partial charge in [-0.25, -0.2) is 19.2 Å². The molecule has 8 heteroatoms. The Bertz CT molecular complexity index is 809. The normalized spacial score (nSPS) is 23.0. The predicted molar refractivity (Wildman–Crippen MR) is 122 cm³/mol. The number of allylic oxidation sites excluding steroid dienone is 6. The van der Waals surface area contributed by atoms with E-state index in [1.807, 2.05) is 6.92 Å². The quantitative estimate of drug-likeness (QED) is 0.260. The Morgan fingerprint density at radius 2 is 1.38 bits per heavy atom. The smallest absolute Gasteiger partial charge is 0.373 e. The van der Waals surface area contributed by atoms with Gasteiger partial charge in [-0.1, -0.05) is 57.2 Å². The second-order valence-corrected chi connectivity index (χ2v) is 8.94. The van der Waals surface area contributed by atoms with Crippen LogP contribution in [0.1, 0.15) is 53.9 Å². The number of amides is 2. The van der Waals surface area contributed by atoms with Crippen molar-refractivity contribution in [1.29, 1.82) is 0 Å². The van der Waals surface area contributed by atoms with Gasteiger partial charge in [0.1, 0.15) is 0 Å². The summed E-state index contributed by atoms with van der Waals surface area (Å²) in [6, 6.07) is -0.244. The number of ether oxygens (including phenoxy) is 2. The highest BCUT2D eigenvalue weighted by Crippen LogP contribution is 2.45. The molecule has 0 aromatic rings. The molecule has 0 bridgehead atoms. The van der Waals surface area contributed by atoms with Crippen LogP contribution in [0, 0.1) is 10.8 Å². The van der Waals surface area contributed by atoms with E-state index in [0.717, 1.165) is 12.5 Å². The van der Waals surface area contributed by atoms with Crippen molar-refractivity contribution in [2.75, 3.05) is 6.54 Å². The molecule has 2 atom stereocenters. The molecule has 0 spiro atoms. The van der Waals surface area contributed by atoms with Crippen LogP contribution in [-0.4, -0.2) is 36.7 Å². The third-order valence-corrected chi connectivity index (χ3v) is 4.88. The maximum Gasteiger partial charge on any atom is 0.415 e. The lowest BCUT2D eigenvalue weighted by Crippen LogP contribution is -2.50. The minimum atomic E-state index is -0.827. The third kappa shape index (κ3) is 10.7. The minimum Gasteiger partial charge on any atom is -0.373 e. The first kappa shape index (κ1) is 26.9. The average Bonchev–Trinajstić information content (AvgIpc) is 2.65. The molecule has 1 aliphatic rings. The van der Waals surface area contributed by atoms with Crippen molar-refractivity contribution in [2.24, 2.45) is 10.8 Å². The molecule has 1 rings (SSSR count). The second-order valence-electron chi connectivity index (χ2n) is 8.94. The zero-order valence-corrected chi connectivity index (χ0v) is 19.5. The summed E-state index contributed by atoms with van der Waals surface area (Å²) in [7, 11) is 0. The molecule has 2 unspecified atom stereocenters. The number of nitrogens with one attached hydrogen (secondary N) is 2. The molecule has 32 heavy (non-hydrogen) atoms. The topological polar surface area (TPSA) is 111 Å². The van der Waals surface area contributed by atoms with E-state index >= 15 is 0 Å². The summed E-state index contributed by atoms with van der Waals surface area (Å²) in [5.41, 5.74) is -0.490. The van der Waals surface area contributed by atoms with Crippen molar-refractivity contribution >= 4 is 24.1 Å². The Labute approximate surface area is 189 Å². The van der Waals surface area contributed by atoms with Gasteiger partial charge in [0, 0.05) is 24.7 Å². The summed E-state index contributed by atoms with van der Waals surface area (Å²) >= 11 is 0. The number of alkyl carbamates (subject to hydrolysis) is 2. The first-order valence-electron chi connectivity index (χ1n) is 10.6. The van der Waals surface area contributed by atoms with E-state index in [-0.39, 0.29) is 23.4 Å². The van der Waals surface area contributed by atoms with Gasteiger partial charge in [0.25, 0.3) is 0 Å². The Morgan fingerprint density at radius 3 is 1.91 bits per heavy atom. The lowest BCUT2D eigenvalue weighted by atomic mass is 9.62. The monoisotopic (exact) mass is 446 g/mol. The Hall–Kier alpha value is -3.16. The molecule has 1 aliphatic carbocycles. The van der Waals surface area contributed by atoms with Crippen LogP contribution in [0.4, 0.5) is 9.59 Å². The van der Waals surface area contributed by atoms with Gasteiger partial charge in [0.15, 0.2) is 0 Å². The van der Waals surface area contributed by atoms with E-state index in [4.69, 9.17) is 9.47 Å². The fraction of sp³-hybridized carbons (Fsp3) is 0.500. The third-order valence-electron chi connectivity index (χ3n) is 4.88. The van der Waals surface area contributed by atoms with Crippen molar-refractivity contribution in [2.45, 2.75) is 59.9 Å². The molecule has 2 N–H and O–H groups in total. The van der Waals surface area contributed by atoms with E-state index in [9.17, 15) is 19.2 Å². The lowest BCUT2D eigenvalue weighted by molar-refractivity contribution is -0.133. The zero-order valence-electron chi connectivity index (χ0n) is 19.5. The molecule has 0 aliphatic heterocycles. The number of carbonyl (C=O) groups excluding carboxylic acids is 4. The van der Waals surface area contributed by atoms with Crippen LogP contribution in [0.5, 0.6) is 0 Å². The van der Waals surface area contributed by atoms with Crippen LogP contribution in [0.2, 0.25) is 0 Å². The van der Waals surface area contributed by atoms with E-state index < -0.39 is 24.1 Å². The summed E-state index contributed by atoms with van der Waals surface area (Å²) in [6.07, 6.45) is 12.5. The summed E-state index contributed by atoms with van der Waals surface area (Å²) in [6.45, 7) is 10.0. The number of rotatable bonds is 7. The minimum absolute atomic E-state index is 0.128. The van der Waals surface area contributed by atoms with Gasteiger partial charge >= 0.3 is 24.1 Å². The molecule has 1 fully saturated rings. The Morgan fingerprint density at radius 1 is 0.844 bits per heavy atom. The highest BCUT2D eigenvalue weighted by Gasteiger charge is 2.42. The lowest BCUT2D eigenvalue weighted by Gasteiger charge is -2.46. The van der Waals surface area contributed by atoms with Crippen molar-refractivity contribution in [3.8, 4) is 0 Å². The van der Waals surface area contributed by atoms with Gasteiger partial charge in [-0.2, -0.15) is 0 Å². The molecule has 0 radical (unpaired) electrons. The number of carbonyl (C=O) groups is 4. The van der Waals surface area contributed by atoms with Gasteiger partial charge in [0.05, 0.1) is 0 Å². The van der Waals surface area contributed by atoms with Crippen molar-refractivity contribution in [3.05, 3.63) is 48.6 Å². The van der Waals surface area contributed by atoms with Gasteiger partial charge < -0.3 is 20.1 Å². The van der Waals surface area contributed by atoms with Crippen LogP contribution in [-0.2, 0) is 19.1 Å². The van der Waals surface area contributed by atoms with Crippen molar-refractivity contribution in [3.63, 3.8) is 0 Å². The molecule has 0 saturated heterocycles. The van der Waals surface area contributed by atoms with E-state index in [1.54, 1.807) is 38.2 Å². The first-order chi connectivity index (χ1) is 15.0. The predicted octanol–water partition coefficient (Wildman–Crippen LogP) is 4.34. The highest BCUT2D eigenvalue weighted by molar-refractivity contribution is 5.92. The van der Waals surface area contributed by atoms with Crippen molar-refractivity contribution < 1.29 is 28.7 Å². The highest BCUT2D eigenvalue weighted by atomic mass is 16.6. The molecule has 2 amide bonds. The second kappa shape index (κ2) is 12.6. The largest absolute Gasteiger partial charge is 0.415 e. The van der Waals surface area contributed by atoms with Crippen LogP contribution in [0.25, 0.3) is 0 Å². The van der Waals surface area contributed by atoms with Crippen LogP contribution in [0.3, 0.4) is 0 Å². The molecule has 176 valence electrons. The Balaban J connectivity index is 2.65. The average molecular weight is 447 g/mol. The van der Waals surface area contributed by atoms with E-state index in [1.165, 1.54) is 18.2 Å². The standard InChI is InChI=1S/C24H34N2O6/c1-6-8-10-12-19(27)31-21(29)25-17-24(5)15-18(14-23(3,4)16-24)26-22(30)32-20(28)13-11-9-7-2/h6-13,18H,14-17H2,1-5H3,(H,25,29)(H,26,30)/b8-6+,9-7+,12-10+,13-11+. The summed E-state index contributed by atoms with van der Waals surface area (Å²) in [5, 5.41) is 5.39. The fourth-order valence-corrected chi connectivity index (χ4v) is 4.13. The molecular formula is C24H34N2O6. The maximum atomic E-state index is 12.1.